The summed E-state index contributed by atoms with van der Waals surface area (Å²) in [7, 11) is 0. The van der Waals surface area contributed by atoms with Gasteiger partial charge in [-0.15, -0.1) is 0 Å². The number of nitrogens with two attached hydrogens (primary N) is 1. The van der Waals surface area contributed by atoms with Crippen molar-refractivity contribution in [1.29, 1.82) is 0 Å². The van der Waals surface area contributed by atoms with Crippen LogP contribution in [-0.4, -0.2) is 41.3 Å². The number of ether oxygens (including phenoxy) is 1. The predicted octanol–water partition coefficient (Wildman–Crippen LogP) is -0.662. The number of rotatable bonds is 2. The van der Waals surface area contributed by atoms with Crippen molar-refractivity contribution in [2.45, 2.75) is 31.5 Å². The summed E-state index contributed by atoms with van der Waals surface area (Å²) in [6, 6.07) is -0.640. The molecular weight excluding hydrogens is 188 g/mol. The van der Waals surface area contributed by atoms with Crippen molar-refractivity contribution >= 4 is 0 Å². The summed E-state index contributed by atoms with van der Waals surface area (Å²) >= 11 is 0. The van der Waals surface area contributed by atoms with Crippen molar-refractivity contribution in [2.24, 2.45) is 16.8 Å². The summed E-state index contributed by atoms with van der Waals surface area (Å²) in [6.07, 6.45) is -2.55. The van der Waals surface area contributed by atoms with Gasteiger partial charge in [0.2, 0.25) is 0 Å². The first-order valence-electron chi connectivity index (χ1n) is 4.36. The van der Waals surface area contributed by atoms with Crippen LogP contribution in [0.4, 0.5) is 0 Å². The van der Waals surface area contributed by atoms with Gasteiger partial charge in [0.1, 0.15) is 0 Å². The Kier molecular flexibility index (Phi) is 3.68. The molecule has 5 atom stereocenters. The summed E-state index contributed by atoms with van der Waals surface area (Å²) in [5, 5.41) is 22.2. The van der Waals surface area contributed by atoms with Gasteiger partial charge in [0.15, 0.2) is 6.29 Å². The van der Waals surface area contributed by atoms with Gasteiger partial charge >= 0.3 is 0 Å². The Morgan fingerprint density at radius 1 is 1.57 bits per heavy atom. The highest BCUT2D eigenvalue weighted by Gasteiger charge is 2.39. The van der Waals surface area contributed by atoms with Crippen LogP contribution in [0.1, 0.15) is 6.92 Å². The second-order valence-corrected chi connectivity index (χ2v) is 3.41. The molecule has 1 aliphatic heterocycles. The monoisotopic (exact) mass is 202 g/mol. The average Bonchev–Trinajstić information content (AvgIpc) is 2.18. The van der Waals surface area contributed by atoms with E-state index in [-0.39, 0.29) is 6.54 Å². The van der Waals surface area contributed by atoms with Crippen LogP contribution in [-0.2, 0) is 4.74 Å². The van der Waals surface area contributed by atoms with Crippen molar-refractivity contribution in [3.63, 3.8) is 0 Å². The highest BCUT2D eigenvalue weighted by Crippen LogP contribution is 2.23. The molecule has 0 aliphatic carbocycles. The van der Waals surface area contributed by atoms with Crippen LogP contribution >= 0.6 is 0 Å². The van der Waals surface area contributed by atoms with E-state index in [0.717, 1.165) is 0 Å². The molecule has 0 aromatic heterocycles. The van der Waals surface area contributed by atoms with Crippen molar-refractivity contribution in [3.8, 4) is 0 Å². The third-order valence-electron chi connectivity index (χ3n) is 2.45. The summed E-state index contributed by atoms with van der Waals surface area (Å²) in [5.41, 5.74) is 13.8. The fourth-order valence-corrected chi connectivity index (χ4v) is 1.41. The van der Waals surface area contributed by atoms with Gasteiger partial charge in [-0.25, -0.2) is 0 Å². The molecule has 1 heterocycles. The summed E-state index contributed by atoms with van der Waals surface area (Å²) in [6.45, 7) is 1.65. The third kappa shape index (κ3) is 2.14. The predicted molar refractivity (Wildman–Crippen MR) is 48.0 cm³/mol. The number of azide groups is 1. The standard InChI is InChI=1S/C7H14N4O3/c1-3-6(12)5(8)4(2-10-11-9)14-7(3)13/h3-7,12-13H,2,8H2,1H3/t3-,4+,5+,6+,7?/m0/s1. The Hall–Kier alpha value is -0.850. The molecule has 80 valence electrons. The molecule has 7 nitrogen and oxygen atoms in total. The lowest BCUT2D eigenvalue weighted by Gasteiger charge is -2.39. The minimum Gasteiger partial charge on any atom is -0.391 e. The molecule has 0 spiro atoms. The topological polar surface area (TPSA) is 124 Å². The van der Waals surface area contributed by atoms with Crippen LogP contribution in [0, 0.1) is 5.92 Å². The highest BCUT2D eigenvalue weighted by atomic mass is 16.6. The highest BCUT2D eigenvalue weighted by molar-refractivity contribution is 4.90. The normalized spacial score (nSPS) is 43.0. The molecule has 1 saturated heterocycles. The minimum atomic E-state index is -1.07. The van der Waals surface area contributed by atoms with Crippen LogP contribution in [0.15, 0.2) is 5.11 Å². The van der Waals surface area contributed by atoms with E-state index in [2.05, 4.69) is 10.0 Å². The Balaban J connectivity index is 2.64. The first kappa shape index (κ1) is 11.2. The van der Waals surface area contributed by atoms with E-state index >= 15 is 0 Å². The van der Waals surface area contributed by atoms with Crippen LogP contribution in [0.25, 0.3) is 10.4 Å². The zero-order chi connectivity index (χ0) is 10.7. The van der Waals surface area contributed by atoms with Crippen LogP contribution in [0.3, 0.4) is 0 Å². The fourth-order valence-electron chi connectivity index (χ4n) is 1.41. The zero-order valence-electron chi connectivity index (χ0n) is 7.82. The first-order chi connectivity index (χ1) is 6.57. The lowest BCUT2D eigenvalue weighted by molar-refractivity contribution is -0.224. The third-order valence-corrected chi connectivity index (χ3v) is 2.45. The molecule has 1 unspecified atom stereocenters. The molecule has 0 radical (unpaired) electrons. The van der Waals surface area contributed by atoms with Crippen molar-refractivity contribution < 1.29 is 14.9 Å². The van der Waals surface area contributed by atoms with Gasteiger partial charge in [0, 0.05) is 10.8 Å². The molecule has 14 heavy (non-hydrogen) atoms. The molecule has 1 rings (SSSR count). The van der Waals surface area contributed by atoms with Gasteiger partial charge in [0.05, 0.1) is 24.8 Å². The molecule has 0 aromatic carbocycles. The molecule has 7 heteroatoms. The molecule has 0 amide bonds. The van der Waals surface area contributed by atoms with Gasteiger partial charge in [-0.1, -0.05) is 12.0 Å². The van der Waals surface area contributed by atoms with Gasteiger partial charge in [-0.3, -0.25) is 0 Å². The maximum Gasteiger partial charge on any atom is 0.160 e. The van der Waals surface area contributed by atoms with Crippen LogP contribution in [0.2, 0.25) is 0 Å². The van der Waals surface area contributed by atoms with Gasteiger partial charge in [-0.05, 0) is 5.53 Å². The van der Waals surface area contributed by atoms with E-state index in [9.17, 15) is 10.2 Å². The minimum absolute atomic E-state index is 0.0124. The van der Waals surface area contributed by atoms with Gasteiger partial charge in [-0.2, -0.15) is 0 Å². The second-order valence-electron chi connectivity index (χ2n) is 3.41. The second kappa shape index (κ2) is 4.59. The summed E-state index contributed by atoms with van der Waals surface area (Å²) in [5.74, 6) is -0.438. The van der Waals surface area contributed by atoms with E-state index in [0.29, 0.717) is 0 Å². The van der Waals surface area contributed by atoms with E-state index in [1.54, 1.807) is 6.92 Å². The zero-order valence-corrected chi connectivity index (χ0v) is 7.82. The molecule has 1 fully saturated rings. The number of hydrogen-bond donors (Lipinski definition) is 3. The van der Waals surface area contributed by atoms with Crippen molar-refractivity contribution in [2.75, 3.05) is 6.54 Å². The lowest BCUT2D eigenvalue weighted by Crippen LogP contribution is -2.58. The maximum atomic E-state index is 9.59. The van der Waals surface area contributed by atoms with Crippen molar-refractivity contribution in [3.05, 3.63) is 10.4 Å². The number of aliphatic hydroxyl groups is 2. The molecule has 0 saturated carbocycles. The molecule has 1 aliphatic rings. The Morgan fingerprint density at radius 3 is 2.79 bits per heavy atom. The van der Waals surface area contributed by atoms with E-state index in [4.69, 9.17) is 16.0 Å². The van der Waals surface area contributed by atoms with Gasteiger partial charge < -0.3 is 20.7 Å². The molecule has 4 N–H and O–H groups in total. The van der Waals surface area contributed by atoms with Crippen molar-refractivity contribution in [1.82, 2.24) is 0 Å². The van der Waals surface area contributed by atoms with E-state index in [1.807, 2.05) is 0 Å². The Labute approximate surface area is 81.1 Å². The first-order valence-corrected chi connectivity index (χ1v) is 4.36. The maximum absolute atomic E-state index is 9.59. The average molecular weight is 202 g/mol. The quantitative estimate of drug-likeness (QED) is 0.312. The SMILES string of the molecule is C[C@@H]1C(O)O[C@H](CN=[N+]=[N-])[C@@H](N)[C@@H]1O. The smallest absolute Gasteiger partial charge is 0.160 e. The van der Waals surface area contributed by atoms with E-state index < -0.39 is 30.5 Å². The van der Waals surface area contributed by atoms with Crippen LogP contribution in [0.5, 0.6) is 0 Å². The Morgan fingerprint density at radius 2 is 2.21 bits per heavy atom. The number of aliphatic hydroxyl groups excluding tert-OH is 2. The number of hydrogen-bond acceptors (Lipinski definition) is 5. The Bertz CT molecular complexity index is 243. The fraction of sp³-hybridized carbons (Fsp3) is 1.00. The van der Waals surface area contributed by atoms with Gasteiger partial charge in [0.25, 0.3) is 0 Å². The molecule has 0 bridgehead atoms. The molecule has 0 aromatic rings. The van der Waals surface area contributed by atoms with Crippen LogP contribution < -0.4 is 5.73 Å². The summed E-state index contributed by atoms with van der Waals surface area (Å²) < 4.78 is 5.09. The van der Waals surface area contributed by atoms with E-state index in [1.165, 1.54) is 0 Å². The lowest BCUT2D eigenvalue weighted by atomic mass is 9.91. The number of nitrogens with zero attached hydrogens (tertiary/aromatic N) is 3. The summed E-state index contributed by atoms with van der Waals surface area (Å²) in [4.78, 5) is 2.56. The largest absolute Gasteiger partial charge is 0.391 e. The molecular formula is C7H14N4O3.